The lowest BCUT2D eigenvalue weighted by molar-refractivity contribution is -0.171. The van der Waals surface area contributed by atoms with E-state index in [0.29, 0.717) is 6.61 Å². The zero-order valence-corrected chi connectivity index (χ0v) is 28.9. The van der Waals surface area contributed by atoms with Gasteiger partial charge in [0.15, 0.2) is 0 Å². The van der Waals surface area contributed by atoms with Crippen LogP contribution in [0.1, 0.15) is 45.5 Å². The SMILES string of the molecule is COC(=O)Nc1ccc2c(c1)N(C(=O)C(F)(F)F)[C@@H](C(=O)O)CC=CC[C@H](NC(=O)OC(C)(C)C)c1nc-2cn1COCC[Si](C)(C)C. The minimum absolute atomic E-state index is 0.0384. The second-order valence-corrected chi connectivity index (χ2v) is 18.9. The topological polar surface area (TPSA) is 161 Å². The van der Waals surface area contributed by atoms with Crippen LogP contribution in [0.15, 0.2) is 36.5 Å². The summed E-state index contributed by atoms with van der Waals surface area (Å²) in [6, 6.07) is 1.66. The van der Waals surface area contributed by atoms with Crippen molar-refractivity contribution in [2.75, 3.05) is 23.9 Å². The number of carboxylic acid groups (broad SMARTS) is 1. The molecule has 0 saturated heterocycles. The van der Waals surface area contributed by atoms with Crippen LogP contribution in [-0.4, -0.2) is 78.3 Å². The highest BCUT2D eigenvalue weighted by Crippen LogP contribution is 2.38. The highest BCUT2D eigenvalue weighted by atomic mass is 28.3. The number of ether oxygens (including phenoxy) is 3. The quantitative estimate of drug-likeness (QED) is 0.163. The van der Waals surface area contributed by atoms with Gasteiger partial charge in [0.1, 0.15) is 24.2 Å². The Hall–Kier alpha value is -4.38. The predicted molar refractivity (Wildman–Crippen MR) is 173 cm³/mol. The average molecular weight is 698 g/mol. The van der Waals surface area contributed by atoms with Crippen LogP contribution in [0.5, 0.6) is 0 Å². The molecular weight excluding hydrogens is 655 g/mol. The molecule has 0 aliphatic carbocycles. The number of imidazole rings is 1. The number of carbonyl (C=O) groups is 4. The van der Waals surface area contributed by atoms with E-state index in [9.17, 15) is 37.5 Å². The van der Waals surface area contributed by atoms with Crippen molar-refractivity contribution in [3.8, 4) is 11.3 Å². The molecule has 13 nitrogen and oxygen atoms in total. The molecule has 0 spiro atoms. The first kappa shape index (κ1) is 38.1. The van der Waals surface area contributed by atoms with E-state index in [1.165, 1.54) is 30.5 Å². The summed E-state index contributed by atoms with van der Waals surface area (Å²) in [6.45, 7) is 12.0. The Morgan fingerprint density at radius 1 is 1.06 bits per heavy atom. The lowest BCUT2D eigenvalue weighted by atomic mass is 10.0. The fourth-order valence-electron chi connectivity index (χ4n) is 4.69. The van der Waals surface area contributed by atoms with Gasteiger partial charge in [-0.3, -0.25) is 15.0 Å². The summed E-state index contributed by atoms with van der Waals surface area (Å²) in [5.74, 6) is -3.88. The first-order valence-corrected chi connectivity index (χ1v) is 18.8. The van der Waals surface area contributed by atoms with E-state index < -0.39 is 68.1 Å². The minimum Gasteiger partial charge on any atom is -0.480 e. The second kappa shape index (κ2) is 15.2. The Bertz CT molecular complexity index is 1530. The van der Waals surface area contributed by atoms with Gasteiger partial charge in [-0.2, -0.15) is 13.2 Å². The lowest BCUT2D eigenvalue weighted by Crippen LogP contribution is -2.51. The number of alkyl halides is 3. The van der Waals surface area contributed by atoms with Gasteiger partial charge in [-0.05, 0) is 57.9 Å². The third-order valence-electron chi connectivity index (χ3n) is 6.96. The summed E-state index contributed by atoms with van der Waals surface area (Å²) in [7, 11) is -0.384. The van der Waals surface area contributed by atoms with Crippen molar-refractivity contribution in [1.29, 1.82) is 0 Å². The van der Waals surface area contributed by atoms with Crippen LogP contribution in [0.4, 0.5) is 34.1 Å². The van der Waals surface area contributed by atoms with Crippen molar-refractivity contribution in [3.05, 3.63) is 42.4 Å². The Morgan fingerprint density at radius 3 is 2.31 bits per heavy atom. The van der Waals surface area contributed by atoms with Gasteiger partial charge in [0.05, 0.1) is 24.5 Å². The fraction of sp³-hybridized carbons (Fsp3) is 0.516. The largest absolute Gasteiger partial charge is 0.480 e. The zero-order chi connectivity index (χ0) is 36.0. The number of carboxylic acids is 1. The number of amides is 3. The third-order valence-corrected chi connectivity index (χ3v) is 8.66. The number of carbonyl (C=O) groups excluding carboxylic acids is 3. The van der Waals surface area contributed by atoms with E-state index in [1.807, 2.05) is 0 Å². The summed E-state index contributed by atoms with van der Waals surface area (Å²) in [6.07, 6.45) is -3.38. The van der Waals surface area contributed by atoms with Gasteiger partial charge >= 0.3 is 30.2 Å². The number of halogens is 3. The van der Waals surface area contributed by atoms with Gasteiger partial charge in [0.25, 0.3) is 0 Å². The second-order valence-electron chi connectivity index (χ2n) is 13.3. The van der Waals surface area contributed by atoms with Crippen molar-refractivity contribution in [2.24, 2.45) is 0 Å². The molecule has 48 heavy (non-hydrogen) atoms. The van der Waals surface area contributed by atoms with E-state index in [-0.39, 0.29) is 40.8 Å². The summed E-state index contributed by atoms with van der Waals surface area (Å²) in [4.78, 5) is 55.2. The molecule has 2 aromatic rings. The Balaban J connectivity index is 2.30. The average Bonchev–Trinajstić information content (AvgIpc) is 3.37. The van der Waals surface area contributed by atoms with E-state index in [2.05, 4.69) is 40.0 Å². The fourth-order valence-corrected chi connectivity index (χ4v) is 5.44. The molecule has 3 rings (SSSR count). The molecule has 3 amide bonds. The lowest BCUT2D eigenvalue weighted by Gasteiger charge is -2.31. The molecule has 17 heteroatoms. The van der Waals surface area contributed by atoms with E-state index in [4.69, 9.17) is 9.47 Å². The van der Waals surface area contributed by atoms with Crippen LogP contribution in [0, 0.1) is 0 Å². The number of anilines is 2. The number of benzene rings is 1. The molecular formula is C31H42F3N5O8Si. The van der Waals surface area contributed by atoms with Crippen LogP contribution in [0.3, 0.4) is 0 Å². The molecule has 1 aliphatic heterocycles. The van der Waals surface area contributed by atoms with E-state index in [1.54, 1.807) is 25.3 Å². The van der Waals surface area contributed by atoms with Gasteiger partial charge in [0, 0.05) is 32.1 Å². The smallest absolute Gasteiger partial charge is 0.471 e. The van der Waals surface area contributed by atoms with Crippen molar-refractivity contribution >= 4 is 43.5 Å². The van der Waals surface area contributed by atoms with E-state index in [0.717, 1.165) is 19.2 Å². The Kier molecular flexibility index (Phi) is 12.1. The molecule has 0 fully saturated rings. The standard InChI is InChI=1S/C31H42F3N5O8Si/c1-30(2,3)47-29(44)37-21-10-8-9-11-23(26(40)41)39(27(42)31(32,33)34)24-16-19(35-28(43)45-4)12-13-20(24)22-17-38(25(21)36-22)18-46-14-15-48(5,6)7/h8-9,12-13,16-17,21,23H,10-11,14-15,18H2,1-7H3,(H,35,43)(H,37,44)(H,40,41)/t21-,23+/m0/s1. The number of fused-ring (bicyclic) bond motifs is 4. The number of hydrogen-bond donors (Lipinski definition) is 3. The maximum absolute atomic E-state index is 14.1. The third kappa shape index (κ3) is 10.6. The maximum atomic E-state index is 14.1. The molecule has 2 atom stereocenters. The van der Waals surface area contributed by atoms with Gasteiger partial charge in [-0.25, -0.2) is 19.4 Å². The molecule has 1 aromatic carbocycles. The van der Waals surface area contributed by atoms with Crippen molar-refractivity contribution in [3.63, 3.8) is 0 Å². The first-order chi connectivity index (χ1) is 22.2. The van der Waals surface area contributed by atoms with Crippen molar-refractivity contribution in [2.45, 2.75) is 89.9 Å². The first-order valence-electron chi connectivity index (χ1n) is 15.1. The molecule has 1 aliphatic rings. The number of rotatable bonds is 8. The van der Waals surface area contributed by atoms with Crippen molar-refractivity contribution < 1.29 is 51.7 Å². The number of nitrogens with one attached hydrogen (secondary N) is 2. The molecule has 264 valence electrons. The summed E-state index contributed by atoms with van der Waals surface area (Å²) >= 11 is 0. The minimum atomic E-state index is -5.46. The number of nitrogens with zero attached hydrogens (tertiary/aromatic N) is 3. The normalized spacial score (nSPS) is 17.0. The molecule has 0 saturated carbocycles. The molecule has 1 aromatic heterocycles. The summed E-state index contributed by atoms with van der Waals surface area (Å²) in [5.41, 5.74) is -1.41. The predicted octanol–water partition coefficient (Wildman–Crippen LogP) is 6.31. The van der Waals surface area contributed by atoms with Gasteiger partial charge in [-0.1, -0.05) is 31.8 Å². The van der Waals surface area contributed by atoms with Crippen LogP contribution in [0.2, 0.25) is 25.7 Å². The number of methoxy groups -OCH3 is 1. The van der Waals surface area contributed by atoms with Gasteiger partial charge in [0.2, 0.25) is 0 Å². The highest BCUT2D eigenvalue weighted by Gasteiger charge is 2.47. The number of alkyl carbamates (subject to hydrolysis) is 1. The summed E-state index contributed by atoms with van der Waals surface area (Å²) in [5, 5.41) is 15.2. The highest BCUT2D eigenvalue weighted by molar-refractivity contribution is 6.76. The van der Waals surface area contributed by atoms with Crippen LogP contribution in [-0.2, 0) is 30.5 Å². The number of aromatic nitrogens is 2. The monoisotopic (exact) mass is 697 g/mol. The molecule has 0 unspecified atom stereocenters. The van der Waals surface area contributed by atoms with Crippen LogP contribution >= 0.6 is 0 Å². The Labute approximate surface area is 277 Å². The summed E-state index contributed by atoms with van der Waals surface area (Å²) < 4.78 is 59.8. The zero-order valence-electron chi connectivity index (χ0n) is 27.9. The van der Waals surface area contributed by atoms with Gasteiger partial charge < -0.3 is 29.2 Å². The Morgan fingerprint density at radius 2 is 1.73 bits per heavy atom. The van der Waals surface area contributed by atoms with Crippen LogP contribution in [0.25, 0.3) is 11.3 Å². The molecule has 2 heterocycles. The van der Waals surface area contributed by atoms with Gasteiger partial charge in [-0.15, -0.1) is 0 Å². The molecule has 2 bridgehead atoms. The van der Waals surface area contributed by atoms with Crippen molar-refractivity contribution in [1.82, 2.24) is 14.9 Å². The molecule has 0 radical (unpaired) electrons. The number of aliphatic carboxylic acids is 1. The molecule has 3 N–H and O–H groups in total. The van der Waals surface area contributed by atoms with Crippen LogP contribution < -0.4 is 15.5 Å². The number of hydrogen-bond acceptors (Lipinski definition) is 8. The maximum Gasteiger partial charge on any atom is 0.471 e. The van der Waals surface area contributed by atoms with E-state index >= 15 is 0 Å².